The molecule has 2 saturated heterocycles. The molecule has 4 heterocycles. The lowest BCUT2D eigenvalue weighted by Crippen LogP contribution is -2.57. The summed E-state index contributed by atoms with van der Waals surface area (Å²) in [7, 11) is 4.08. The predicted molar refractivity (Wildman–Crippen MR) is 121 cm³/mol. The van der Waals surface area contributed by atoms with Crippen LogP contribution in [0.2, 0.25) is 0 Å². The Morgan fingerprint density at radius 1 is 1.16 bits per heavy atom. The molecule has 2 aliphatic rings. The van der Waals surface area contributed by atoms with Gasteiger partial charge in [-0.25, -0.2) is 9.37 Å². The van der Waals surface area contributed by atoms with Gasteiger partial charge >= 0.3 is 0 Å². The van der Waals surface area contributed by atoms with Crippen molar-refractivity contribution in [2.45, 2.75) is 25.4 Å². The minimum Gasteiger partial charge on any atom is -0.477 e. The van der Waals surface area contributed by atoms with E-state index < -0.39 is 0 Å². The van der Waals surface area contributed by atoms with Crippen molar-refractivity contribution in [3.63, 3.8) is 0 Å². The molecular formula is C24H30FN5O2. The zero-order valence-corrected chi connectivity index (χ0v) is 18.7. The lowest BCUT2D eigenvalue weighted by Gasteiger charge is -2.46. The number of nitrogens with zero attached hydrogens (tertiary/aromatic N) is 5. The molecule has 170 valence electrons. The molecule has 0 N–H and O–H groups in total. The number of anilines is 1. The second-order valence-electron chi connectivity index (χ2n) is 9.20. The Morgan fingerprint density at radius 3 is 2.94 bits per heavy atom. The number of aromatic nitrogens is 2. The maximum atomic E-state index is 13.7. The molecule has 8 heteroatoms. The van der Waals surface area contributed by atoms with Gasteiger partial charge in [0, 0.05) is 50.7 Å². The van der Waals surface area contributed by atoms with E-state index in [4.69, 9.17) is 9.26 Å². The first-order valence-corrected chi connectivity index (χ1v) is 11.3. The van der Waals surface area contributed by atoms with Gasteiger partial charge in [0.05, 0.1) is 17.7 Å². The van der Waals surface area contributed by atoms with Crippen LogP contribution in [-0.4, -0.2) is 72.9 Å². The third-order valence-electron chi connectivity index (χ3n) is 6.44. The predicted octanol–water partition coefficient (Wildman–Crippen LogP) is 3.40. The molecule has 2 aromatic heterocycles. The van der Waals surface area contributed by atoms with E-state index in [9.17, 15) is 4.39 Å². The number of ether oxygens (including phenoxy) is 1. The summed E-state index contributed by atoms with van der Waals surface area (Å²) in [5.74, 6) is 1.71. The molecule has 32 heavy (non-hydrogen) atoms. The van der Waals surface area contributed by atoms with E-state index in [1.54, 1.807) is 6.07 Å². The zero-order chi connectivity index (χ0) is 22.1. The molecule has 0 saturated carbocycles. The van der Waals surface area contributed by atoms with Gasteiger partial charge in [-0.1, -0.05) is 11.2 Å². The highest BCUT2D eigenvalue weighted by atomic mass is 19.1. The summed E-state index contributed by atoms with van der Waals surface area (Å²) in [6.45, 7) is 5.24. The van der Waals surface area contributed by atoms with Crippen molar-refractivity contribution >= 4 is 16.8 Å². The van der Waals surface area contributed by atoms with Gasteiger partial charge in [0.2, 0.25) is 5.88 Å². The normalized spacial score (nSPS) is 21.8. The smallest absolute Gasteiger partial charge is 0.213 e. The molecule has 0 bridgehead atoms. The van der Waals surface area contributed by atoms with Gasteiger partial charge in [-0.3, -0.25) is 4.90 Å². The second-order valence-corrected chi connectivity index (χ2v) is 9.20. The molecule has 3 aromatic rings. The van der Waals surface area contributed by atoms with Crippen LogP contribution >= 0.6 is 0 Å². The molecule has 0 amide bonds. The van der Waals surface area contributed by atoms with Crippen LogP contribution in [0.4, 0.5) is 10.2 Å². The van der Waals surface area contributed by atoms with Gasteiger partial charge in [-0.15, -0.1) is 0 Å². The number of piperidine rings is 1. The Bertz CT molecular complexity index is 1070. The summed E-state index contributed by atoms with van der Waals surface area (Å²) >= 11 is 0. The molecule has 0 radical (unpaired) electrons. The topological polar surface area (TPSA) is 57.9 Å². The van der Waals surface area contributed by atoms with Gasteiger partial charge in [0.25, 0.3) is 0 Å². The number of piperazine rings is 1. The van der Waals surface area contributed by atoms with Crippen molar-refractivity contribution in [3.8, 4) is 5.88 Å². The summed E-state index contributed by atoms with van der Waals surface area (Å²) < 4.78 is 25.2. The molecule has 5 rings (SSSR count). The minimum atomic E-state index is -0.261. The van der Waals surface area contributed by atoms with E-state index >= 15 is 0 Å². The van der Waals surface area contributed by atoms with Crippen LogP contribution in [0, 0.1) is 11.7 Å². The highest BCUT2D eigenvalue weighted by Gasteiger charge is 2.34. The standard InChI is InChI=1S/C24H30FN5O2/c1-28(2)14-19-4-3-5-23(26-19)31-16-17-6-8-20-15-30(11-10-29(20)13-17)24-21-12-18(25)7-9-22(21)32-27-24/h3-5,7,9,12,17,20H,6,8,10-11,13-16H2,1-2H3/t17-,20-/m1/s1. The summed E-state index contributed by atoms with van der Waals surface area (Å²) in [4.78, 5) is 11.5. The van der Waals surface area contributed by atoms with Gasteiger partial charge in [0.1, 0.15) is 5.82 Å². The highest BCUT2D eigenvalue weighted by Crippen LogP contribution is 2.31. The second kappa shape index (κ2) is 9.03. The van der Waals surface area contributed by atoms with E-state index in [1.807, 2.05) is 32.3 Å². The first kappa shape index (κ1) is 21.2. The molecule has 2 aliphatic heterocycles. The van der Waals surface area contributed by atoms with Crippen LogP contribution in [0.3, 0.4) is 0 Å². The van der Waals surface area contributed by atoms with Gasteiger partial charge in [0.15, 0.2) is 11.4 Å². The first-order chi connectivity index (χ1) is 15.5. The van der Waals surface area contributed by atoms with Crippen molar-refractivity contribution in [2.75, 3.05) is 51.8 Å². The van der Waals surface area contributed by atoms with Crippen molar-refractivity contribution in [1.29, 1.82) is 0 Å². The van der Waals surface area contributed by atoms with Crippen LogP contribution < -0.4 is 9.64 Å². The molecular weight excluding hydrogens is 409 g/mol. The number of rotatable bonds is 6. The van der Waals surface area contributed by atoms with E-state index in [-0.39, 0.29) is 5.82 Å². The number of hydrogen-bond donors (Lipinski definition) is 0. The molecule has 1 aromatic carbocycles. The van der Waals surface area contributed by atoms with Gasteiger partial charge in [-0.05, 0) is 51.2 Å². The molecule has 7 nitrogen and oxygen atoms in total. The van der Waals surface area contributed by atoms with Crippen LogP contribution in [-0.2, 0) is 6.54 Å². The Labute approximate surface area is 187 Å². The van der Waals surface area contributed by atoms with Crippen molar-refractivity contribution in [1.82, 2.24) is 19.9 Å². The highest BCUT2D eigenvalue weighted by molar-refractivity contribution is 5.88. The lowest BCUT2D eigenvalue weighted by molar-refractivity contribution is 0.0716. The minimum absolute atomic E-state index is 0.261. The zero-order valence-electron chi connectivity index (χ0n) is 18.7. The van der Waals surface area contributed by atoms with Crippen molar-refractivity contribution < 1.29 is 13.7 Å². The SMILES string of the molecule is CN(C)Cc1cccc(OC[C@@H]2CC[C@@H]3CN(c4noc5ccc(F)cc45)CCN3C2)n1. The Hall–Kier alpha value is -2.71. The Morgan fingerprint density at radius 2 is 2.06 bits per heavy atom. The molecule has 0 spiro atoms. The Balaban J connectivity index is 1.17. The fourth-order valence-corrected chi connectivity index (χ4v) is 4.87. The van der Waals surface area contributed by atoms with Crippen molar-refractivity contribution in [3.05, 3.63) is 47.9 Å². The quantitative estimate of drug-likeness (QED) is 0.583. The van der Waals surface area contributed by atoms with Crippen LogP contribution in [0.5, 0.6) is 5.88 Å². The number of benzene rings is 1. The first-order valence-electron chi connectivity index (χ1n) is 11.3. The summed E-state index contributed by atoms with van der Waals surface area (Å²) in [6.07, 6.45) is 2.24. The number of halogens is 1. The summed E-state index contributed by atoms with van der Waals surface area (Å²) in [5.41, 5.74) is 1.65. The van der Waals surface area contributed by atoms with Crippen LogP contribution in [0.1, 0.15) is 18.5 Å². The molecule has 0 unspecified atom stereocenters. The number of fused-ring (bicyclic) bond motifs is 2. The molecule has 0 aliphatic carbocycles. The average molecular weight is 440 g/mol. The average Bonchev–Trinajstić information content (AvgIpc) is 3.20. The van der Waals surface area contributed by atoms with E-state index in [0.717, 1.165) is 62.5 Å². The molecule has 2 atom stereocenters. The van der Waals surface area contributed by atoms with E-state index in [1.165, 1.54) is 12.1 Å². The van der Waals surface area contributed by atoms with E-state index in [2.05, 4.69) is 24.8 Å². The Kier molecular flexibility index (Phi) is 5.97. The van der Waals surface area contributed by atoms with Crippen molar-refractivity contribution in [2.24, 2.45) is 5.92 Å². The maximum Gasteiger partial charge on any atom is 0.213 e. The summed E-state index contributed by atoms with van der Waals surface area (Å²) in [5, 5.41) is 4.99. The monoisotopic (exact) mass is 439 g/mol. The third kappa shape index (κ3) is 4.56. The summed E-state index contributed by atoms with van der Waals surface area (Å²) in [6, 6.07) is 11.0. The molecule has 2 fully saturated rings. The van der Waals surface area contributed by atoms with Gasteiger partial charge in [-0.2, -0.15) is 0 Å². The maximum absolute atomic E-state index is 13.7. The van der Waals surface area contributed by atoms with Gasteiger partial charge < -0.3 is 19.1 Å². The largest absolute Gasteiger partial charge is 0.477 e. The van der Waals surface area contributed by atoms with E-state index in [0.29, 0.717) is 30.0 Å². The van der Waals surface area contributed by atoms with Crippen LogP contribution in [0.15, 0.2) is 40.9 Å². The fraction of sp³-hybridized carbons (Fsp3) is 0.500. The lowest BCUT2D eigenvalue weighted by atomic mass is 9.91. The number of pyridine rings is 1. The van der Waals surface area contributed by atoms with Crippen LogP contribution in [0.25, 0.3) is 11.0 Å². The fourth-order valence-electron chi connectivity index (χ4n) is 4.87. The number of hydrogen-bond acceptors (Lipinski definition) is 7. The third-order valence-corrected chi connectivity index (χ3v) is 6.44.